The van der Waals surface area contributed by atoms with E-state index in [0.29, 0.717) is 17.9 Å². The number of imidazole rings is 1. The van der Waals surface area contributed by atoms with Gasteiger partial charge in [-0.15, -0.1) is 0 Å². The summed E-state index contributed by atoms with van der Waals surface area (Å²) >= 11 is 0. The minimum Gasteiger partial charge on any atom is -0.482 e. The van der Waals surface area contributed by atoms with Gasteiger partial charge in [0, 0.05) is 17.2 Å². The van der Waals surface area contributed by atoms with Gasteiger partial charge in [-0.1, -0.05) is 12.1 Å². The third kappa shape index (κ3) is 1.55. The number of nitrogens with zero attached hydrogens (tertiary/aromatic N) is 2. The summed E-state index contributed by atoms with van der Waals surface area (Å²) in [6, 6.07) is 4.89. The first kappa shape index (κ1) is 10.5. The number of nitrogens with one attached hydrogen (secondary N) is 1. The van der Waals surface area contributed by atoms with E-state index in [-0.39, 0.29) is 5.69 Å². The maximum Gasteiger partial charge on any atom is 0.311 e. The lowest BCUT2D eigenvalue weighted by Gasteiger charge is -2.17. The van der Waals surface area contributed by atoms with Crippen molar-refractivity contribution in [2.75, 3.05) is 6.61 Å². The first-order valence-electron chi connectivity index (χ1n) is 5.37. The minimum atomic E-state index is -0.436. The van der Waals surface area contributed by atoms with E-state index in [9.17, 15) is 10.1 Å². The van der Waals surface area contributed by atoms with Gasteiger partial charge in [0.25, 0.3) is 0 Å². The minimum absolute atomic E-state index is 0.0161. The molecular weight excluding hydrogens is 234 g/mol. The van der Waals surface area contributed by atoms with Crippen molar-refractivity contribution in [1.29, 1.82) is 0 Å². The summed E-state index contributed by atoms with van der Waals surface area (Å²) in [5.74, 6) is 0.314. The second-order valence-electron chi connectivity index (χ2n) is 3.81. The van der Waals surface area contributed by atoms with Crippen LogP contribution in [-0.4, -0.2) is 21.5 Å². The van der Waals surface area contributed by atoms with Gasteiger partial charge < -0.3 is 9.72 Å². The van der Waals surface area contributed by atoms with Crippen molar-refractivity contribution in [3.63, 3.8) is 0 Å². The normalized spacial score (nSPS) is 13.4. The molecule has 6 nitrogen and oxygen atoms in total. The molecule has 1 aromatic heterocycles. The fourth-order valence-electron chi connectivity index (χ4n) is 2.01. The number of nitro benzene ring substituents is 1. The molecule has 0 unspecified atom stereocenters. The molecule has 6 heteroatoms. The van der Waals surface area contributed by atoms with Crippen molar-refractivity contribution in [3.8, 4) is 5.75 Å². The third-order valence-corrected chi connectivity index (χ3v) is 2.78. The molecule has 0 atom stereocenters. The summed E-state index contributed by atoms with van der Waals surface area (Å²) in [5.41, 5.74) is 2.38. The van der Waals surface area contributed by atoms with Crippen molar-refractivity contribution in [2.24, 2.45) is 0 Å². The Morgan fingerprint density at radius 2 is 2.33 bits per heavy atom. The van der Waals surface area contributed by atoms with Gasteiger partial charge in [-0.2, -0.15) is 0 Å². The van der Waals surface area contributed by atoms with Gasteiger partial charge >= 0.3 is 5.69 Å². The summed E-state index contributed by atoms with van der Waals surface area (Å²) in [7, 11) is 0. The van der Waals surface area contributed by atoms with Crippen LogP contribution in [0.2, 0.25) is 0 Å². The largest absolute Gasteiger partial charge is 0.482 e. The number of nitro groups is 1. The molecule has 0 radical (unpaired) electrons. The summed E-state index contributed by atoms with van der Waals surface area (Å²) in [6.45, 7) is 0.312. The lowest BCUT2D eigenvalue weighted by molar-refractivity contribution is -0.385. The number of para-hydroxylation sites is 1. The Kier molecular flexibility index (Phi) is 2.33. The summed E-state index contributed by atoms with van der Waals surface area (Å²) in [5, 5.41) is 11.0. The Morgan fingerprint density at radius 1 is 1.44 bits per heavy atom. The summed E-state index contributed by atoms with van der Waals surface area (Å²) in [4.78, 5) is 17.5. The van der Waals surface area contributed by atoms with Crippen molar-refractivity contribution in [2.45, 2.75) is 0 Å². The highest BCUT2D eigenvalue weighted by Gasteiger charge is 2.24. The molecule has 1 aliphatic rings. The molecule has 1 aliphatic heterocycles. The molecule has 2 heterocycles. The van der Waals surface area contributed by atoms with Crippen molar-refractivity contribution >= 4 is 11.3 Å². The Labute approximate surface area is 102 Å². The van der Waals surface area contributed by atoms with Crippen LogP contribution in [0, 0.1) is 10.1 Å². The number of H-pyrrole nitrogens is 1. The SMILES string of the molecule is O=[N+]([O-])c1cccc2c1OCC=C2c1cnc[nH]1. The van der Waals surface area contributed by atoms with Crippen LogP contribution >= 0.6 is 0 Å². The number of benzene rings is 1. The van der Waals surface area contributed by atoms with Gasteiger partial charge in [0.1, 0.15) is 6.61 Å². The van der Waals surface area contributed by atoms with Crippen LogP contribution in [0.3, 0.4) is 0 Å². The number of rotatable bonds is 2. The lowest BCUT2D eigenvalue weighted by atomic mass is 9.99. The highest BCUT2D eigenvalue weighted by Crippen LogP contribution is 2.39. The molecule has 1 aromatic carbocycles. The molecular formula is C12H9N3O3. The van der Waals surface area contributed by atoms with Crippen molar-refractivity contribution in [3.05, 3.63) is 58.2 Å². The molecule has 0 aliphatic carbocycles. The molecule has 0 saturated carbocycles. The highest BCUT2D eigenvalue weighted by molar-refractivity contribution is 5.84. The first-order valence-corrected chi connectivity index (χ1v) is 5.37. The van der Waals surface area contributed by atoms with Crippen LogP contribution in [0.1, 0.15) is 11.3 Å². The number of ether oxygens (including phenoxy) is 1. The second kappa shape index (κ2) is 3.99. The van der Waals surface area contributed by atoms with Crippen LogP contribution < -0.4 is 4.74 Å². The Balaban J connectivity index is 2.18. The highest BCUT2D eigenvalue weighted by atomic mass is 16.6. The first-order chi connectivity index (χ1) is 8.77. The van der Waals surface area contributed by atoms with E-state index in [1.54, 1.807) is 24.7 Å². The van der Waals surface area contributed by atoms with E-state index in [2.05, 4.69) is 9.97 Å². The quantitative estimate of drug-likeness (QED) is 0.647. The summed E-state index contributed by atoms with van der Waals surface area (Å²) in [6.07, 6.45) is 5.13. The van der Waals surface area contributed by atoms with E-state index in [0.717, 1.165) is 11.3 Å². The number of aromatic amines is 1. The Bertz CT molecular complexity index is 632. The second-order valence-corrected chi connectivity index (χ2v) is 3.81. The van der Waals surface area contributed by atoms with E-state index < -0.39 is 4.92 Å². The molecule has 0 spiro atoms. The molecule has 0 fully saturated rings. The van der Waals surface area contributed by atoms with E-state index in [1.807, 2.05) is 6.08 Å². The topological polar surface area (TPSA) is 81.1 Å². The smallest absolute Gasteiger partial charge is 0.311 e. The molecule has 0 saturated heterocycles. The Hall–Kier alpha value is -2.63. The van der Waals surface area contributed by atoms with Gasteiger partial charge in [0.15, 0.2) is 0 Å². The lowest BCUT2D eigenvalue weighted by Crippen LogP contribution is -2.07. The number of aromatic nitrogens is 2. The van der Waals surface area contributed by atoms with Gasteiger partial charge in [0.05, 0.1) is 23.1 Å². The number of hydrogen-bond acceptors (Lipinski definition) is 4. The zero-order chi connectivity index (χ0) is 12.5. The monoisotopic (exact) mass is 243 g/mol. The molecule has 90 valence electrons. The number of fused-ring (bicyclic) bond motifs is 1. The average Bonchev–Trinajstić information content (AvgIpc) is 2.91. The van der Waals surface area contributed by atoms with Crippen LogP contribution in [0.5, 0.6) is 5.75 Å². The third-order valence-electron chi connectivity index (χ3n) is 2.78. The van der Waals surface area contributed by atoms with Crippen LogP contribution in [-0.2, 0) is 0 Å². The van der Waals surface area contributed by atoms with E-state index >= 15 is 0 Å². The molecule has 18 heavy (non-hydrogen) atoms. The average molecular weight is 243 g/mol. The van der Waals surface area contributed by atoms with Gasteiger partial charge in [-0.05, 0) is 6.08 Å². The van der Waals surface area contributed by atoms with Gasteiger partial charge in [-0.25, -0.2) is 4.98 Å². The maximum absolute atomic E-state index is 11.0. The van der Waals surface area contributed by atoms with E-state index in [1.165, 1.54) is 6.07 Å². The Morgan fingerprint density at radius 3 is 3.06 bits per heavy atom. The van der Waals surface area contributed by atoms with Crippen LogP contribution in [0.15, 0.2) is 36.8 Å². The zero-order valence-electron chi connectivity index (χ0n) is 9.29. The van der Waals surface area contributed by atoms with Gasteiger partial charge in [0.2, 0.25) is 5.75 Å². The predicted molar refractivity (Wildman–Crippen MR) is 64.3 cm³/mol. The maximum atomic E-state index is 11.0. The molecule has 3 rings (SSSR count). The fraction of sp³-hybridized carbons (Fsp3) is 0.0833. The van der Waals surface area contributed by atoms with Crippen LogP contribution in [0.4, 0.5) is 5.69 Å². The standard InChI is InChI=1S/C12H9N3O3/c16-15(17)11-3-1-2-9-8(4-5-18-12(9)11)10-6-13-7-14-10/h1-4,6-7H,5H2,(H,13,14). The van der Waals surface area contributed by atoms with Gasteiger partial charge in [-0.3, -0.25) is 10.1 Å². The molecule has 0 bridgehead atoms. The molecule has 1 N–H and O–H groups in total. The molecule has 2 aromatic rings. The van der Waals surface area contributed by atoms with Crippen molar-refractivity contribution in [1.82, 2.24) is 9.97 Å². The molecule has 0 amide bonds. The van der Waals surface area contributed by atoms with Crippen molar-refractivity contribution < 1.29 is 9.66 Å². The van der Waals surface area contributed by atoms with E-state index in [4.69, 9.17) is 4.74 Å². The summed E-state index contributed by atoms with van der Waals surface area (Å²) < 4.78 is 5.39. The predicted octanol–water partition coefficient (Wildman–Crippen LogP) is 2.14. The number of hydrogen-bond donors (Lipinski definition) is 1. The van der Waals surface area contributed by atoms with Crippen LogP contribution in [0.25, 0.3) is 5.57 Å². The fourth-order valence-corrected chi connectivity index (χ4v) is 2.01. The zero-order valence-corrected chi connectivity index (χ0v) is 9.29.